The van der Waals surface area contributed by atoms with Gasteiger partial charge in [-0.2, -0.15) is 0 Å². The Morgan fingerprint density at radius 2 is 1.36 bits per heavy atom. The van der Waals surface area contributed by atoms with Crippen molar-refractivity contribution in [3.8, 4) is 0 Å². The van der Waals surface area contributed by atoms with Crippen LogP contribution in [-0.4, -0.2) is 23.5 Å². The molecule has 0 heterocycles. The predicted octanol–water partition coefficient (Wildman–Crippen LogP) is -0.537. The van der Waals surface area contributed by atoms with Gasteiger partial charge >= 0.3 is 18.9 Å². The minimum atomic E-state index is -1.38. The molecule has 0 rings (SSSR count). The van der Waals surface area contributed by atoms with E-state index >= 15 is 0 Å². The van der Waals surface area contributed by atoms with Gasteiger partial charge < -0.3 is 10.1 Å². The number of hydrogen-bond acceptors (Lipinski definition) is 1. The Kier molecular flexibility index (Phi) is 6.44. The van der Waals surface area contributed by atoms with E-state index in [4.69, 9.17) is 4.43 Å². The molecule has 0 aromatic rings. The van der Waals surface area contributed by atoms with Gasteiger partial charge in [0.2, 0.25) is 0 Å². The summed E-state index contributed by atoms with van der Waals surface area (Å²) in [6.45, 7) is 11.5. The maximum atomic E-state index is 5.43. The first-order chi connectivity index (χ1) is 4.27. The van der Waals surface area contributed by atoms with Crippen molar-refractivity contribution in [2.24, 2.45) is 0 Å². The first kappa shape index (κ1) is 14.5. The summed E-state index contributed by atoms with van der Waals surface area (Å²) in [5.41, 5.74) is 2.49. The molecule has 0 atom stereocenters. The zero-order valence-corrected chi connectivity index (χ0v) is 11.0. The molecule has 62 valence electrons. The van der Waals surface area contributed by atoms with Gasteiger partial charge in [0.1, 0.15) is 0 Å². The van der Waals surface area contributed by atoms with E-state index in [-0.39, 0.29) is 18.9 Å². The average Bonchev–Trinajstić information content (AvgIpc) is 1.60. The Morgan fingerprint density at radius 3 is 1.45 bits per heavy atom. The van der Waals surface area contributed by atoms with Crippen molar-refractivity contribution >= 4 is 16.4 Å². The molecule has 0 saturated heterocycles. The summed E-state index contributed by atoms with van der Waals surface area (Å²) in [4.78, 5) is 0. The first-order valence-corrected chi connectivity index (χ1v) is 10.3. The molecule has 0 aliphatic carbocycles. The molecule has 0 aliphatic heterocycles. The summed E-state index contributed by atoms with van der Waals surface area (Å²) in [5.74, 6) is 0. The van der Waals surface area contributed by atoms with E-state index < -0.39 is 16.4 Å². The molecule has 4 heteroatoms. The number of rotatable bonds is 3. The third-order valence-corrected chi connectivity index (χ3v) is 8.60. The van der Waals surface area contributed by atoms with Crippen molar-refractivity contribution in [1.82, 2.24) is 0 Å². The van der Waals surface area contributed by atoms with Gasteiger partial charge in [0.25, 0.3) is 0 Å². The van der Waals surface area contributed by atoms with Gasteiger partial charge in [0.05, 0.1) is 0 Å². The van der Waals surface area contributed by atoms with Gasteiger partial charge in [-0.25, -0.2) is 0 Å². The molecule has 0 aromatic carbocycles. The summed E-state index contributed by atoms with van der Waals surface area (Å²) in [5, 5.41) is 0. The van der Waals surface area contributed by atoms with Crippen molar-refractivity contribution in [1.29, 1.82) is 0 Å². The zero-order chi connectivity index (χ0) is 8.41. The quantitative estimate of drug-likeness (QED) is 0.421. The van der Waals surface area contributed by atoms with Crippen LogP contribution in [0.15, 0.2) is 0 Å². The van der Waals surface area contributed by atoms with Crippen LogP contribution >= 0.6 is 0 Å². The summed E-state index contributed by atoms with van der Waals surface area (Å²) in [6.07, 6.45) is 0. The molecule has 0 unspecified atom stereocenters. The Hall–Kier alpha value is 0.991. The van der Waals surface area contributed by atoms with Crippen molar-refractivity contribution in [3.05, 3.63) is 5.67 Å². The fourth-order valence-electron chi connectivity index (χ4n) is 1.10. The van der Waals surface area contributed by atoms with E-state index in [1.807, 2.05) is 7.11 Å². The summed E-state index contributed by atoms with van der Waals surface area (Å²) in [7, 11) is -0.556. The Labute approximate surface area is 85.2 Å². The molecular formula is C7H19LiOSi2. The maximum absolute atomic E-state index is 5.43. The van der Waals surface area contributed by atoms with Gasteiger partial charge in [-0.15, -0.1) is 8.07 Å². The van der Waals surface area contributed by atoms with Crippen LogP contribution in [0.2, 0.25) is 32.7 Å². The van der Waals surface area contributed by atoms with Crippen molar-refractivity contribution < 1.29 is 23.3 Å². The third-order valence-electron chi connectivity index (χ3n) is 1.31. The topological polar surface area (TPSA) is 9.23 Å². The van der Waals surface area contributed by atoms with E-state index in [9.17, 15) is 0 Å². The summed E-state index contributed by atoms with van der Waals surface area (Å²) < 4.78 is 5.43. The molecule has 0 N–H and O–H groups in total. The predicted molar refractivity (Wildman–Crippen MR) is 52.1 cm³/mol. The molecule has 1 nitrogen and oxygen atoms in total. The van der Waals surface area contributed by atoms with Crippen molar-refractivity contribution in [2.75, 3.05) is 7.11 Å². The fraction of sp³-hybridized carbons (Fsp3) is 0.857. The van der Waals surface area contributed by atoms with Crippen LogP contribution in [0.4, 0.5) is 0 Å². The average molecular weight is 182 g/mol. The van der Waals surface area contributed by atoms with Gasteiger partial charge in [0.15, 0.2) is 0 Å². The van der Waals surface area contributed by atoms with E-state index in [1.165, 1.54) is 0 Å². The van der Waals surface area contributed by atoms with Crippen molar-refractivity contribution in [3.63, 3.8) is 0 Å². The second-order valence-electron chi connectivity index (χ2n) is 4.32. The van der Waals surface area contributed by atoms with E-state index in [1.54, 1.807) is 0 Å². The molecule has 0 aliphatic rings. The second kappa shape index (κ2) is 4.88. The van der Waals surface area contributed by atoms with Crippen molar-refractivity contribution in [2.45, 2.75) is 32.7 Å². The first-order valence-electron chi connectivity index (χ1n) is 3.69. The SMILES string of the molecule is CO[Si](C)(C)[CH-][Si](C)(C)C.[Li+]. The number of hydrogen-bond donors (Lipinski definition) is 0. The fourth-order valence-corrected chi connectivity index (χ4v) is 9.92. The molecular weight excluding hydrogens is 163 g/mol. The molecule has 0 saturated carbocycles. The second-order valence-corrected chi connectivity index (χ2v) is 13.8. The van der Waals surface area contributed by atoms with Gasteiger partial charge in [0, 0.05) is 15.4 Å². The summed E-state index contributed by atoms with van der Waals surface area (Å²) >= 11 is 0. The smallest absolute Gasteiger partial charge is 0.452 e. The van der Waals surface area contributed by atoms with Crippen LogP contribution in [0.3, 0.4) is 0 Å². The largest absolute Gasteiger partial charge is 1.00 e. The van der Waals surface area contributed by atoms with Crippen LogP contribution in [0, 0.1) is 5.67 Å². The minimum Gasteiger partial charge on any atom is -0.452 e. The molecule has 0 amide bonds. The summed E-state index contributed by atoms with van der Waals surface area (Å²) in [6, 6.07) is 0. The van der Waals surface area contributed by atoms with Gasteiger partial charge in [-0.3, -0.25) is 0 Å². The van der Waals surface area contributed by atoms with Crippen LogP contribution in [0.25, 0.3) is 0 Å². The van der Waals surface area contributed by atoms with Gasteiger partial charge in [-0.05, 0) is 0 Å². The Balaban J connectivity index is 0. The van der Waals surface area contributed by atoms with Crippen LogP contribution in [-0.2, 0) is 4.43 Å². The standard InChI is InChI=1S/C7H19OSi2.Li/c1-8-10(5,6)7-9(2,3)4;/h7H,1-6H3;/q-1;+1. The molecule has 0 fully saturated rings. The van der Waals surface area contributed by atoms with Gasteiger partial charge in [-0.1, -0.05) is 32.7 Å². The molecule has 11 heavy (non-hydrogen) atoms. The van der Waals surface area contributed by atoms with Crippen LogP contribution in [0.5, 0.6) is 0 Å². The normalized spacial score (nSPS) is 12.5. The van der Waals surface area contributed by atoms with Crippen LogP contribution in [0.1, 0.15) is 0 Å². The zero-order valence-electron chi connectivity index (χ0n) is 8.99. The van der Waals surface area contributed by atoms with Crippen LogP contribution < -0.4 is 18.9 Å². The Morgan fingerprint density at radius 1 is 1.00 bits per heavy atom. The van der Waals surface area contributed by atoms with E-state index in [0.717, 1.165) is 0 Å². The molecule has 0 spiro atoms. The monoisotopic (exact) mass is 182 g/mol. The van der Waals surface area contributed by atoms with E-state index in [2.05, 4.69) is 38.4 Å². The Bertz CT molecular complexity index is 109. The molecule has 0 bridgehead atoms. The minimum absolute atomic E-state index is 0. The maximum Gasteiger partial charge on any atom is 1.00 e. The third kappa shape index (κ3) is 8.90. The molecule has 0 radical (unpaired) electrons. The molecule has 0 aromatic heterocycles. The van der Waals surface area contributed by atoms with E-state index in [0.29, 0.717) is 0 Å².